The summed E-state index contributed by atoms with van der Waals surface area (Å²) in [5, 5.41) is 25.9. The van der Waals surface area contributed by atoms with Gasteiger partial charge in [-0.3, -0.25) is 20.2 Å². The van der Waals surface area contributed by atoms with Crippen LogP contribution in [0.4, 0.5) is 11.4 Å². The second-order valence-electron chi connectivity index (χ2n) is 9.89. The molecule has 0 saturated heterocycles. The third-order valence-corrected chi connectivity index (χ3v) is 9.01. The van der Waals surface area contributed by atoms with Crippen LogP contribution < -0.4 is 9.47 Å². The van der Waals surface area contributed by atoms with E-state index in [4.69, 9.17) is 9.47 Å². The number of nitrogens with zero attached hydrogens (tertiary/aromatic N) is 2. The van der Waals surface area contributed by atoms with Crippen LogP contribution in [0.2, 0.25) is 0 Å². The van der Waals surface area contributed by atoms with Crippen molar-refractivity contribution in [2.24, 2.45) is 0 Å². The summed E-state index contributed by atoms with van der Waals surface area (Å²) in [5.74, 6) is 2.45. The maximum absolute atomic E-state index is 11.2. The molecule has 0 atom stereocenters. The van der Waals surface area contributed by atoms with E-state index in [-0.39, 0.29) is 21.2 Å². The molecule has 0 unspecified atom stereocenters. The fourth-order valence-corrected chi connectivity index (χ4v) is 6.21. The summed E-state index contributed by atoms with van der Waals surface area (Å²) in [6, 6.07) is 37.0. The number of halogens is 1. The number of hydrogen-bond acceptors (Lipinski definition) is 8. The van der Waals surface area contributed by atoms with E-state index >= 15 is 0 Å². The Morgan fingerprint density at radius 3 is 1.49 bits per heavy atom. The third-order valence-electron chi connectivity index (χ3n) is 7.05. The van der Waals surface area contributed by atoms with Gasteiger partial charge in [0.25, 0.3) is 11.4 Å². The van der Waals surface area contributed by atoms with E-state index in [9.17, 15) is 20.2 Å². The van der Waals surface area contributed by atoms with Gasteiger partial charge < -0.3 is 9.47 Å². The second-order valence-corrected chi connectivity index (χ2v) is 12.0. The zero-order valence-corrected chi connectivity index (χ0v) is 28.8. The van der Waals surface area contributed by atoms with Crippen molar-refractivity contribution < 1.29 is 19.3 Å². The summed E-state index contributed by atoms with van der Waals surface area (Å²) in [4.78, 5) is 23.4. The van der Waals surface area contributed by atoms with E-state index in [1.807, 2.05) is 91.0 Å². The Kier molecular flexibility index (Phi) is 13.0. The molecule has 0 amide bonds. The number of methoxy groups -OCH3 is 2. The Morgan fingerprint density at radius 1 is 0.617 bits per heavy atom. The molecule has 6 aromatic carbocycles. The van der Waals surface area contributed by atoms with E-state index in [0.717, 1.165) is 48.9 Å². The summed E-state index contributed by atoms with van der Waals surface area (Å²) in [6.07, 6.45) is 0. The number of rotatable bonds is 8. The molecule has 11 heteroatoms. The molecule has 0 bridgehead atoms. The SMILES string of the molecule is COc1ccc(S)cc1.COc1ccc(SCc2ccc([N+](=O)[O-])c3ccccc23)cc1.O=[N+]([O-])c1ccc(CBr)c2ccccc12. The largest absolute Gasteiger partial charge is 0.497 e. The average molecular weight is 732 g/mol. The van der Waals surface area contributed by atoms with Crippen molar-refractivity contribution in [3.63, 3.8) is 0 Å². The van der Waals surface area contributed by atoms with Gasteiger partial charge in [0.1, 0.15) is 11.5 Å². The second kappa shape index (κ2) is 17.4. The molecule has 0 aliphatic heterocycles. The van der Waals surface area contributed by atoms with Gasteiger partial charge in [-0.1, -0.05) is 64.5 Å². The molecule has 240 valence electrons. The number of nitro groups is 2. The minimum Gasteiger partial charge on any atom is -0.497 e. The van der Waals surface area contributed by atoms with Crippen molar-refractivity contribution in [3.8, 4) is 11.5 Å². The number of alkyl halides is 1. The minimum absolute atomic E-state index is 0.152. The van der Waals surface area contributed by atoms with Crippen LogP contribution in [0.25, 0.3) is 21.5 Å². The van der Waals surface area contributed by atoms with Gasteiger partial charge in [-0.2, -0.15) is 0 Å². The van der Waals surface area contributed by atoms with E-state index in [1.54, 1.807) is 56.3 Å². The number of thiol groups is 1. The van der Waals surface area contributed by atoms with Crippen molar-refractivity contribution in [3.05, 3.63) is 153 Å². The lowest BCUT2D eigenvalue weighted by Crippen LogP contribution is -1.92. The Balaban J connectivity index is 0.000000178. The highest BCUT2D eigenvalue weighted by molar-refractivity contribution is 9.08. The number of hydrogen-bond donors (Lipinski definition) is 1. The van der Waals surface area contributed by atoms with E-state index < -0.39 is 0 Å². The van der Waals surface area contributed by atoms with Crippen molar-refractivity contribution in [2.45, 2.75) is 20.9 Å². The van der Waals surface area contributed by atoms with Crippen LogP contribution in [-0.4, -0.2) is 24.1 Å². The number of fused-ring (bicyclic) bond motifs is 2. The first kappa shape index (κ1) is 35.3. The summed E-state index contributed by atoms with van der Waals surface area (Å²) >= 11 is 9.18. The smallest absolute Gasteiger partial charge is 0.277 e. The summed E-state index contributed by atoms with van der Waals surface area (Å²) < 4.78 is 10.1. The van der Waals surface area contributed by atoms with Crippen LogP contribution in [-0.2, 0) is 11.1 Å². The maximum atomic E-state index is 11.2. The molecule has 0 saturated carbocycles. The molecule has 0 spiro atoms. The fourth-order valence-electron chi connectivity index (χ4n) is 4.67. The lowest BCUT2D eigenvalue weighted by atomic mass is 10.0. The monoisotopic (exact) mass is 730 g/mol. The molecule has 8 nitrogen and oxygen atoms in total. The molecular formula is C36H31BrN2O6S2. The van der Waals surface area contributed by atoms with Crippen LogP contribution in [0.15, 0.2) is 131 Å². The number of benzene rings is 6. The molecule has 0 fully saturated rings. The topological polar surface area (TPSA) is 105 Å². The number of ether oxygens (including phenoxy) is 2. The van der Waals surface area contributed by atoms with Gasteiger partial charge in [-0.15, -0.1) is 24.4 Å². The fraction of sp³-hybridized carbons (Fsp3) is 0.111. The third kappa shape index (κ3) is 9.47. The predicted molar refractivity (Wildman–Crippen MR) is 197 cm³/mol. The lowest BCUT2D eigenvalue weighted by molar-refractivity contribution is -0.383. The molecule has 0 N–H and O–H groups in total. The highest BCUT2D eigenvalue weighted by Gasteiger charge is 2.14. The van der Waals surface area contributed by atoms with Crippen molar-refractivity contribution in [1.29, 1.82) is 0 Å². The maximum Gasteiger partial charge on any atom is 0.277 e. The minimum atomic E-state index is -0.347. The lowest BCUT2D eigenvalue weighted by Gasteiger charge is -2.08. The van der Waals surface area contributed by atoms with Crippen molar-refractivity contribution >= 4 is 73.2 Å². The Morgan fingerprint density at radius 2 is 1.04 bits per heavy atom. The average Bonchev–Trinajstić information content (AvgIpc) is 3.11. The zero-order valence-electron chi connectivity index (χ0n) is 25.5. The van der Waals surface area contributed by atoms with Gasteiger partial charge in [0, 0.05) is 33.0 Å². The Labute approximate surface area is 290 Å². The van der Waals surface area contributed by atoms with Gasteiger partial charge in [0.2, 0.25) is 0 Å². The van der Waals surface area contributed by atoms with Gasteiger partial charge in [-0.05, 0) is 82.6 Å². The van der Waals surface area contributed by atoms with E-state index in [1.165, 1.54) is 0 Å². The summed E-state index contributed by atoms with van der Waals surface area (Å²) in [7, 11) is 3.29. The van der Waals surface area contributed by atoms with Crippen LogP contribution in [0.1, 0.15) is 11.1 Å². The standard InChI is InChI=1S/C18H15NO3S.C11H8BrNO2.C7H8OS/c1-22-14-7-9-15(10-8-14)23-12-13-6-11-18(19(20)21)17-5-3-2-4-16(13)17;12-7-8-5-6-11(13(14)15)10-4-2-1-3-9(8)10;1-8-6-2-4-7(9)5-3-6/h2-11H,12H2,1H3;1-6H,7H2;2-5,9H,1H3. The molecule has 0 aromatic heterocycles. The molecule has 0 aliphatic rings. The molecule has 0 aliphatic carbocycles. The first-order chi connectivity index (χ1) is 22.7. The van der Waals surface area contributed by atoms with Crippen LogP contribution in [0, 0.1) is 20.2 Å². The highest BCUT2D eigenvalue weighted by atomic mass is 79.9. The number of non-ortho nitro benzene ring substituents is 2. The number of thioether (sulfide) groups is 1. The molecule has 6 rings (SSSR count). The quantitative estimate of drug-likeness (QED) is 0.0546. The number of nitro benzene ring substituents is 2. The molecular weight excluding hydrogens is 700 g/mol. The summed E-state index contributed by atoms with van der Waals surface area (Å²) in [5.41, 5.74) is 2.47. The summed E-state index contributed by atoms with van der Waals surface area (Å²) in [6.45, 7) is 0. The zero-order chi connectivity index (χ0) is 33.8. The molecule has 0 radical (unpaired) electrons. The molecule has 0 heterocycles. The predicted octanol–water partition coefficient (Wildman–Crippen LogP) is 10.7. The van der Waals surface area contributed by atoms with Crippen molar-refractivity contribution in [2.75, 3.05) is 14.2 Å². The molecule has 6 aromatic rings. The van der Waals surface area contributed by atoms with E-state index in [2.05, 4.69) is 28.6 Å². The Bertz CT molecular complexity index is 1970. The van der Waals surface area contributed by atoms with Gasteiger partial charge in [0.15, 0.2) is 0 Å². The van der Waals surface area contributed by atoms with Crippen molar-refractivity contribution in [1.82, 2.24) is 0 Å². The first-order valence-electron chi connectivity index (χ1n) is 14.2. The highest BCUT2D eigenvalue weighted by Crippen LogP contribution is 2.33. The van der Waals surface area contributed by atoms with Crippen LogP contribution >= 0.6 is 40.3 Å². The van der Waals surface area contributed by atoms with Crippen LogP contribution in [0.3, 0.4) is 0 Å². The van der Waals surface area contributed by atoms with E-state index in [0.29, 0.717) is 16.1 Å². The normalized spacial score (nSPS) is 10.3. The first-order valence-corrected chi connectivity index (χ1v) is 16.8. The molecule has 47 heavy (non-hydrogen) atoms. The van der Waals surface area contributed by atoms with Gasteiger partial charge >= 0.3 is 0 Å². The van der Waals surface area contributed by atoms with Crippen LogP contribution in [0.5, 0.6) is 11.5 Å². The Hall–Kier alpha value is -4.58. The van der Waals surface area contributed by atoms with Gasteiger partial charge in [-0.25, -0.2) is 0 Å². The van der Waals surface area contributed by atoms with Gasteiger partial charge in [0.05, 0.1) is 34.8 Å².